The van der Waals surface area contributed by atoms with Gasteiger partial charge in [-0.25, -0.2) is 0 Å². The summed E-state index contributed by atoms with van der Waals surface area (Å²) in [7, 11) is 0. The number of carboxylic acid groups (broad SMARTS) is 1. The van der Waals surface area contributed by atoms with E-state index in [1.807, 2.05) is 36.4 Å². The molecule has 0 aliphatic carbocycles. The summed E-state index contributed by atoms with van der Waals surface area (Å²) in [6.07, 6.45) is 0.483. The second-order valence-corrected chi connectivity index (χ2v) is 4.21. The van der Waals surface area contributed by atoms with Crippen molar-refractivity contribution in [3.63, 3.8) is 0 Å². The predicted octanol–water partition coefficient (Wildman–Crippen LogP) is 2.02. The minimum atomic E-state index is -1.03. The molecule has 2 rings (SSSR count). The zero-order valence-electron chi connectivity index (χ0n) is 9.07. The van der Waals surface area contributed by atoms with Gasteiger partial charge >= 0.3 is 0 Å². The number of aryl methyl sites for hydroxylation is 1. The Morgan fingerprint density at radius 2 is 1.88 bits per heavy atom. The van der Waals surface area contributed by atoms with Crippen LogP contribution < -0.4 is 5.11 Å². The minimum absolute atomic E-state index is 0.0283. The largest absolute Gasteiger partial charge is 0.550 e. The first-order valence-electron chi connectivity index (χ1n) is 5.29. The van der Waals surface area contributed by atoms with Gasteiger partial charge in [0.05, 0.1) is 0 Å². The van der Waals surface area contributed by atoms with Gasteiger partial charge in [0, 0.05) is 22.4 Å². The van der Waals surface area contributed by atoms with Gasteiger partial charge in [-0.15, -0.1) is 0 Å². The van der Waals surface area contributed by atoms with Crippen molar-refractivity contribution in [2.45, 2.75) is 12.8 Å². The second-order valence-electron chi connectivity index (χ2n) is 3.78. The fourth-order valence-corrected chi connectivity index (χ4v) is 1.75. The highest BCUT2D eigenvalue weighted by Crippen LogP contribution is 2.21. The molecule has 0 bridgehead atoms. The lowest BCUT2D eigenvalue weighted by atomic mass is 10.2. The lowest BCUT2D eigenvalue weighted by Gasteiger charge is -2.00. The number of hydrogen-bond donors (Lipinski definition) is 1. The predicted molar refractivity (Wildman–Crippen MR) is 64.6 cm³/mol. The van der Waals surface area contributed by atoms with E-state index in [4.69, 9.17) is 11.6 Å². The van der Waals surface area contributed by atoms with Gasteiger partial charge in [-0.3, -0.25) is 0 Å². The third-order valence-corrected chi connectivity index (χ3v) is 2.75. The normalized spacial score (nSPS) is 10.4. The summed E-state index contributed by atoms with van der Waals surface area (Å²) in [4.78, 5) is 13.5. The zero-order chi connectivity index (χ0) is 12.3. The molecule has 3 nitrogen and oxygen atoms in total. The van der Waals surface area contributed by atoms with E-state index in [-0.39, 0.29) is 6.42 Å². The number of carbonyl (C=O) groups excluding carboxylic acids is 1. The van der Waals surface area contributed by atoms with Crippen molar-refractivity contribution < 1.29 is 9.90 Å². The van der Waals surface area contributed by atoms with Crippen LogP contribution in [0.15, 0.2) is 36.4 Å². The van der Waals surface area contributed by atoms with Crippen LogP contribution in [0.4, 0.5) is 0 Å². The van der Waals surface area contributed by atoms with Gasteiger partial charge in [-0.2, -0.15) is 0 Å². The summed E-state index contributed by atoms with van der Waals surface area (Å²) >= 11 is 5.81. The van der Waals surface area contributed by atoms with E-state index in [1.165, 1.54) is 0 Å². The summed E-state index contributed by atoms with van der Waals surface area (Å²) in [6, 6.07) is 11.3. The number of benzene rings is 1. The molecule has 0 saturated carbocycles. The first kappa shape index (κ1) is 11.7. The molecular formula is C13H11ClNO2-. The standard InChI is InChI=1S/C13H12ClNO2/c14-10-3-1-9(2-4-10)12-7-5-11(15-12)6-8-13(16)17/h1-5,7,15H,6,8H2,(H,16,17)/p-1. The Bertz CT molecular complexity index is 516. The van der Waals surface area contributed by atoms with Crippen molar-refractivity contribution in [3.05, 3.63) is 47.1 Å². The quantitative estimate of drug-likeness (QED) is 0.900. The molecule has 0 amide bonds. The second kappa shape index (κ2) is 5.06. The molecule has 1 N–H and O–H groups in total. The van der Waals surface area contributed by atoms with Crippen LogP contribution in [0, 0.1) is 0 Å². The molecule has 0 unspecified atom stereocenters. The van der Waals surface area contributed by atoms with E-state index in [0.717, 1.165) is 17.0 Å². The van der Waals surface area contributed by atoms with E-state index in [2.05, 4.69) is 4.98 Å². The smallest absolute Gasteiger partial charge is 0.0456 e. The average Bonchev–Trinajstić information content (AvgIpc) is 2.76. The molecule has 1 aromatic heterocycles. The maximum Gasteiger partial charge on any atom is 0.0456 e. The number of aliphatic carboxylic acids is 1. The third kappa shape index (κ3) is 3.11. The van der Waals surface area contributed by atoms with Crippen molar-refractivity contribution >= 4 is 17.6 Å². The van der Waals surface area contributed by atoms with Crippen molar-refractivity contribution in [1.29, 1.82) is 0 Å². The van der Waals surface area contributed by atoms with Crippen molar-refractivity contribution in [3.8, 4) is 11.3 Å². The van der Waals surface area contributed by atoms with Crippen molar-refractivity contribution in [2.75, 3.05) is 0 Å². The SMILES string of the molecule is O=C([O-])CCc1ccc(-c2ccc(Cl)cc2)[nH]1. The van der Waals surface area contributed by atoms with Gasteiger partial charge < -0.3 is 14.9 Å². The number of carbonyl (C=O) groups is 1. The fourth-order valence-electron chi connectivity index (χ4n) is 1.62. The van der Waals surface area contributed by atoms with Gasteiger partial charge in [0.25, 0.3) is 0 Å². The third-order valence-electron chi connectivity index (χ3n) is 2.50. The van der Waals surface area contributed by atoms with E-state index < -0.39 is 5.97 Å². The van der Waals surface area contributed by atoms with Crippen LogP contribution >= 0.6 is 11.6 Å². The van der Waals surface area contributed by atoms with Gasteiger partial charge in [-0.05, 0) is 42.7 Å². The molecule has 2 aromatic rings. The summed E-state index contributed by atoms with van der Waals surface area (Å²) in [5, 5.41) is 11.0. The van der Waals surface area contributed by atoms with Crippen LogP contribution in [0.5, 0.6) is 0 Å². The highest BCUT2D eigenvalue weighted by molar-refractivity contribution is 6.30. The topological polar surface area (TPSA) is 55.9 Å². The molecule has 0 radical (unpaired) electrons. The minimum Gasteiger partial charge on any atom is -0.550 e. The molecule has 0 atom stereocenters. The van der Waals surface area contributed by atoms with Crippen LogP contribution in [0.25, 0.3) is 11.3 Å². The summed E-state index contributed by atoms with van der Waals surface area (Å²) in [5.74, 6) is -1.03. The Hall–Kier alpha value is -1.74. The summed E-state index contributed by atoms with van der Waals surface area (Å²) in [5.41, 5.74) is 2.86. The van der Waals surface area contributed by atoms with Crippen LogP contribution in [0.1, 0.15) is 12.1 Å². The van der Waals surface area contributed by atoms with Gasteiger partial charge in [0.15, 0.2) is 0 Å². The molecule has 0 aliphatic heterocycles. The number of aromatic nitrogens is 1. The molecule has 0 saturated heterocycles. The van der Waals surface area contributed by atoms with Crippen LogP contribution in [0.2, 0.25) is 5.02 Å². The molecule has 0 fully saturated rings. The van der Waals surface area contributed by atoms with E-state index >= 15 is 0 Å². The number of H-pyrrole nitrogens is 1. The molecule has 1 aromatic carbocycles. The number of aromatic amines is 1. The zero-order valence-corrected chi connectivity index (χ0v) is 9.83. The van der Waals surface area contributed by atoms with Crippen LogP contribution in [-0.2, 0) is 11.2 Å². The van der Waals surface area contributed by atoms with Crippen molar-refractivity contribution in [1.82, 2.24) is 4.98 Å². The Balaban J connectivity index is 2.12. The van der Waals surface area contributed by atoms with Crippen molar-refractivity contribution in [2.24, 2.45) is 0 Å². The van der Waals surface area contributed by atoms with Gasteiger partial charge in [0.1, 0.15) is 0 Å². The maximum atomic E-state index is 10.3. The van der Waals surface area contributed by atoms with Crippen LogP contribution in [-0.4, -0.2) is 11.0 Å². The Morgan fingerprint density at radius 1 is 1.18 bits per heavy atom. The molecule has 1 heterocycles. The molecule has 17 heavy (non-hydrogen) atoms. The first-order chi connectivity index (χ1) is 8.15. The number of rotatable bonds is 4. The summed E-state index contributed by atoms with van der Waals surface area (Å²) < 4.78 is 0. The Kier molecular flexibility index (Phi) is 3.49. The number of nitrogens with one attached hydrogen (secondary N) is 1. The average molecular weight is 249 g/mol. The number of carboxylic acids is 1. The first-order valence-corrected chi connectivity index (χ1v) is 5.66. The Morgan fingerprint density at radius 3 is 2.53 bits per heavy atom. The molecule has 0 spiro atoms. The molecule has 88 valence electrons. The number of hydrogen-bond acceptors (Lipinski definition) is 2. The highest BCUT2D eigenvalue weighted by atomic mass is 35.5. The number of halogens is 1. The maximum absolute atomic E-state index is 10.3. The molecular weight excluding hydrogens is 238 g/mol. The summed E-state index contributed by atoms with van der Waals surface area (Å²) in [6.45, 7) is 0. The molecule has 0 aliphatic rings. The molecule has 4 heteroatoms. The van der Waals surface area contributed by atoms with E-state index in [0.29, 0.717) is 11.4 Å². The van der Waals surface area contributed by atoms with Crippen LogP contribution in [0.3, 0.4) is 0 Å². The van der Waals surface area contributed by atoms with Gasteiger partial charge in [0.2, 0.25) is 0 Å². The van der Waals surface area contributed by atoms with Gasteiger partial charge in [-0.1, -0.05) is 23.7 Å². The Labute approximate surface area is 104 Å². The lowest BCUT2D eigenvalue weighted by molar-refractivity contribution is -0.305. The monoisotopic (exact) mass is 248 g/mol. The fraction of sp³-hybridized carbons (Fsp3) is 0.154. The lowest BCUT2D eigenvalue weighted by Crippen LogP contribution is -2.22. The highest BCUT2D eigenvalue weighted by Gasteiger charge is 2.01. The van der Waals surface area contributed by atoms with E-state index in [1.54, 1.807) is 0 Å². The van der Waals surface area contributed by atoms with E-state index in [9.17, 15) is 9.90 Å².